The number of ether oxygens (including phenoxy) is 2. The van der Waals surface area contributed by atoms with Crippen LogP contribution in [0.1, 0.15) is 50.3 Å². The lowest BCUT2D eigenvalue weighted by Crippen LogP contribution is -2.34. The van der Waals surface area contributed by atoms with E-state index in [4.69, 9.17) is 9.47 Å². The summed E-state index contributed by atoms with van der Waals surface area (Å²) in [6, 6.07) is 13.3. The summed E-state index contributed by atoms with van der Waals surface area (Å²) in [4.78, 5) is 0.278. The lowest BCUT2D eigenvalue weighted by Gasteiger charge is -2.27. The van der Waals surface area contributed by atoms with Crippen molar-refractivity contribution in [3.8, 4) is 5.75 Å². The van der Waals surface area contributed by atoms with Crippen molar-refractivity contribution in [1.82, 2.24) is 0 Å². The summed E-state index contributed by atoms with van der Waals surface area (Å²) in [6.07, 6.45) is 2.21. The van der Waals surface area contributed by atoms with Crippen LogP contribution >= 0.6 is 11.3 Å². The Bertz CT molecular complexity index is 1260. The van der Waals surface area contributed by atoms with Gasteiger partial charge in [-0.3, -0.25) is 4.31 Å². The van der Waals surface area contributed by atoms with E-state index in [1.807, 2.05) is 44.2 Å². The van der Waals surface area contributed by atoms with Gasteiger partial charge in [0.1, 0.15) is 10.8 Å². The molecule has 0 spiro atoms. The van der Waals surface area contributed by atoms with Gasteiger partial charge >= 0.3 is 0 Å². The Labute approximate surface area is 211 Å². The van der Waals surface area contributed by atoms with E-state index in [1.165, 1.54) is 11.3 Å². The standard InChI is InChI=1S/C27H33NO5S2/c1-18(2)16-28(26-15-20-5-3-4-6-24(20)34-26)35(30,31)25-10-9-23(27-21(25)7-8-22(27)29)33-17-19-11-13-32-14-12-19/h3-6,9-10,15,18-19,22,29H,7-8,11-14,16-17H2,1-2H3. The van der Waals surface area contributed by atoms with E-state index in [2.05, 4.69) is 0 Å². The highest BCUT2D eigenvalue weighted by molar-refractivity contribution is 7.93. The zero-order valence-electron chi connectivity index (χ0n) is 20.3. The van der Waals surface area contributed by atoms with Gasteiger partial charge in [-0.1, -0.05) is 32.0 Å². The SMILES string of the molecule is CC(C)CN(c1cc2ccccc2s1)S(=O)(=O)c1ccc(OCC2CCOCC2)c2c1CCC2O. The highest BCUT2D eigenvalue weighted by Gasteiger charge is 2.35. The molecule has 1 aromatic heterocycles. The molecular weight excluding hydrogens is 482 g/mol. The molecule has 5 rings (SSSR count). The molecule has 1 unspecified atom stereocenters. The highest BCUT2D eigenvalue weighted by Crippen LogP contribution is 2.44. The first-order valence-electron chi connectivity index (χ1n) is 12.4. The van der Waals surface area contributed by atoms with Gasteiger partial charge in [0.2, 0.25) is 0 Å². The largest absolute Gasteiger partial charge is 0.493 e. The minimum Gasteiger partial charge on any atom is -0.493 e. The molecular formula is C27H33NO5S2. The van der Waals surface area contributed by atoms with E-state index in [0.29, 0.717) is 53.8 Å². The number of aliphatic hydroxyl groups is 1. The molecule has 1 aliphatic heterocycles. The molecule has 0 radical (unpaired) electrons. The molecule has 1 atom stereocenters. The molecule has 8 heteroatoms. The molecule has 0 amide bonds. The second-order valence-corrected chi connectivity index (χ2v) is 12.8. The van der Waals surface area contributed by atoms with Gasteiger partial charge in [-0.05, 0) is 72.7 Å². The summed E-state index contributed by atoms with van der Waals surface area (Å²) in [6.45, 7) is 6.48. The van der Waals surface area contributed by atoms with Crippen LogP contribution in [0.4, 0.5) is 5.00 Å². The number of anilines is 1. The van der Waals surface area contributed by atoms with Crippen molar-refractivity contribution in [2.45, 2.75) is 50.5 Å². The molecule has 0 bridgehead atoms. The Kier molecular flexibility index (Phi) is 7.08. The second-order valence-electron chi connectivity index (χ2n) is 9.93. The van der Waals surface area contributed by atoms with Gasteiger partial charge in [0, 0.05) is 30.0 Å². The predicted octanol–water partition coefficient (Wildman–Crippen LogP) is 5.54. The molecule has 35 heavy (non-hydrogen) atoms. The van der Waals surface area contributed by atoms with E-state index in [0.717, 1.165) is 36.1 Å². The smallest absolute Gasteiger partial charge is 0.265 e. The van der Waals surface area contributed by atoms with E-state index in [9.17, 15) is 13.5 Å². The molecule has 1 N–H and O–H groups in total. The van der Waals surface area contributed by atoms with Crippen molar-refractivity contribution >= 4 is 36.4 Å². The first-order chi connectivity index (χ1) is 16.8. The maximum atomic E-state index is 14.1. The Morgan fingerprint density at radius 3 is 2.66 bits per heavy atom. The lowest BCUT2D eigenvalue weighted by molar-refractivity contribution is 0.0491. The van der Waals surface area contributed by atoms with Crippen molar-refractivity contribution in [2.75, 3.05) is 30.7 Å². The average molecular weight is 516 g/mol. The summed E-state index contributed by atoms with van der Waals surface area (Å²) in [5.74, 6) is 1.17. The van der Waals surface area contributed by atoms with Gasteiger partial charge in [0.05, 0.1) is 17.6 Å². The Hall–Kier alpha value is -2.13. The van der Waals surface area contributed by atoms with Crippen molar-refractivity contribution < 1.29 is 23.0 Å². The molecule has 0 saturated carbocycles. The van der Waals surface area contributed by atoms with Gasteiger partial charge in [0.25, 0.3) is 10.0 Å². The van der Waals surface area contributed by atoms with E-state index >= 15 is 0 Å². The summed E-state index contributed by atoms with van der Waals surface area (Å²) >= 11 is 1.49. The quantitative estimate of drug-likeness (QED) is 0.426. The molecule has 188 valence electrons. The normalized spacial score (nSPS) is 18.8. The van der Waals surface area contributed by atoms with Gasteiger partial charge in [-0.2, -0.15) is 0 Å². The molecule has 6 nitrogen and oxygen atoms in total. The van der Waals surface area contributed by atoms with Crippen LogP contribution < -0.4 is 9.04 Å². The van der Waals surface area contributed by atoms with E-state index < -0.39 is 16.1 Å². The first-order valence-corrected chi connectivity index (χ1v) is 14.7. The third-order valence-electron chi connectivity index (χ3n) is 6.85. The minimum absolute atomic E-state index is 0.149. The Morgan fingerprint density at radius 2 is 1.91 bits per heavy atom. The van der Waals surface area contributed by atoms with Gasteiger partial charge in [0.15, 0.2) is 0 Å². The molecule has 1 saturated heterocycles. The Balaban J connectivity index is 1.51. The molecule has 1 aliphatic carbocycles. The number of thiophene rings is 1. The molecule has 1 fully saturated rings. The third-order valence-corrected chi connectivity index (χ3v) is 9.97. The lowest BCUT2D eigenvalue weighted by atomic mass is 10.0. The fourth-order valence-corrected chi connectivity index (χ4v) is 8.18. The highest BCUT2D eigenvalue weighted by atomic mass is 32.2. The van der Waals surface area contributed by atoms with Crippen LogP contribution in [0.15, 0.2) is 47.4 Å². The van der Waals surface area contributed by atoms with Crippen LogP contribution in [0, 0.1) is 11.8 Å². The summed E-state index contributed by atoms with van der Waals surface area (Å²) in [5, 5.41) is 12.5. The van der Waals surface area contributed by atoms with Crippen molar-refractivity contribution in [3.05, 3.63) is 53.6 Å². The maximum Gasteiger partial charge on any atom is 0.265 e. The molecule has 3 aromatic rings. The maximum absolute atomic E-state index is 14.1. The molecule has 2 aromatic carbocycles. The van der Waals surface area contributed by atoms with Crippen LogP contribution in [0.3, 0.4) is 0 Å². The monoisotopic (exact) mass is 515 g/mol. The van der Waals surface area contributed by atoms with Crippen LogP contribution in [-0.2, 0) is 21.2 Å². The van der Waals surface area contributed by atoms with Gasteiger partial charge < -0.3 is 14.6 Å². The van der Waals surface area contributed by atoms with Crippen LogP contribution in [-0.4, -0.2) is 39.9 Å². The van der Waals surface area contributed by atoms with Crippen LogP contribution in [0.5, 0.6) is 5.75 Å². The number of aliphatic hydroxyl groups excluding tert-OH is 1. The van der Waals surface area contributed by atoms with Gasteiger partial charge in [-0.25, -0.2) is 8.42 Å². The number of fused-ring (bicyclic) bond motifs is 2. The topological polar surface area (TPSA) is 76.1 Å². The van der Waals surface area contributed by atoms with Crippen molar-refractivity contribution in [1.29, 1.82) is 0 Å². The first kappa shape index (κ1) is 24.6. The fraction of sp³-hybridized carbons (Fsp3) is 0.481. The number of rotatable bonds is 8. The summed E-state index contributed by atoms with van der Waals surface area (Å²) in [7, 11) is -3.84. The minimum atomic E-state index is -3.84. The van der Waals surface area contributed by atoms with Crippen molar-refractivity contribution in [2.24, 2.45) is 11.8 Å². The number of hydrogen-bond acceptors (Lipinski definition) is 6. The van der Waals surface area contributed by atoms with Gasteiger partial charge in [-0.15, -0.1) is 11.3 Å². The number of benzene rings is 2. The number of hydrogen-bond donors (Lipinski definition) is 1. The van der Waals surface area contributed by atoms with E-state index in [-0.39, 0.29) is 10.8 Å². The fourth-order valence-electron chi connectivity index (χ4n) is 5.01. The average Bonchev–Trinajstić information content (AvgIpc) is 3.45. The zero-order chi connectivity index (χ0) is 24.6. The summed E-state index contributed by atoms with van der Waals surface area (Å²) in [5.41, 5.74) is 1.33. The second kappa shape index (κ2) is 10.1. The van der Waals surface area contributed by atoms with Crippen molar-refractivity contribution in [3.63, 3.8) is 0 Å². The predicted molar refractivity (Wildman–Crippen MR) is 140 cm³/mol. The van der Waals surface area contributed by atoms with Crippen LogP contribution in [0.2, 0.25) is 0 Å². The summed E-state index contributed by atoms with van der Waals surface area (Å²) < 4.78 is 42.4. The zero-order valence-corrected chi connectivity index (χ0v) is 21.9. The number of sulfonamides is 1. The Morgan fingerprint density at radius 1 is 1.14 bits per heavy atom. The molecule has 2 heterocycles. The third kappa shape index (κ3) is 4.94. The van der Waals surface area contributed by atoms with E-state index in [1.54, 1.807) is 16.4 Å². The van der Waals surface area contributed by atoms with Crippen LogP contribution in [0.25, 0.3) is 10.1 Å². The number of nitrogens with zero attached hydrogens (tertiary/aromatic N) is 1. The molecule has 2 aliphatic rings.